The number of carbonyl (C=O) groups is 1. The average Bonchev–Trinajstić information content (AvgIpc) is 3.31. The molecule has 0 saturated heterocycles. The quantitative estimate of drug-likeness (QED) is 0.579. The van der Waals surface area contributed by atoms with Crippen molar-refractivity contribution in [1.82, 2.24) is 20.6 Å². The Hall–Kier alpha value is -3.80. The summed E-state index contributed by atoms with van der Waals surface area (Å²) in [6.07, 6.45) is 1.38. The van der Waals surface area contributed by atoms with Crippen LogP contribution in [0.1, 0.15) is 17.5 Å². The van der Waals surface area contributed by atoms with Crippen LogP contribution in [0.3, 0.4) is 0 Å². The van der Waals surface area contributed by atoms with E-state index in [4.69, 9.17) is 0 Å². The smallest absolute Gasteiger partial charge is 0.227 e. The van der Waals surface area contributed by atoms with Crippen molar-refractivity contribution in [3.8, 4) is 22.5 Å². The predicted molar refractivity (Wildman–Crippen MR) is 111 cm³/mol. The third kappa shape index (κ3) is 3.29. The zero-order valence-corrected chi connectivity index (χ0v) is 15.7. The maximum absolute atomic E-state index is 12.5. The zero-order chi connectivity index (χ0) is 19.6. The largest absolute Gasteiger partial charge is 0.308 e. The van der Waals surface area contributed by atoms with Crippen molar-refractivity contribution in [1.29, 1.82) is 0 Å². The highest BCUT2D eigenvalue weighted by molar-refractivity contribution is 5.96. The van der Waals surface area contributed by atoms with Gasteiger partial charge in [0.25, 0.3) is 0 Å². The number of hydrogen-bond acceptors (Lipinski definition) is 4. The zero-order valence-electron chi connectivity index (χ0n) is 15.7. The van der Waals surface area contributed by atoms with Crippen molar-refractivity contribution < 1.29 is 4.79 Å². The molecular formula is C23H19N5O. The molecule has 0 spiro atoms. The molecule has 0 atom stereocenters. The molecule has 0 radical (unpaired) electrons. The monoisotopic (exact) mass is 381 g/mol. The van der Waals surface area contributed by atoms with E-state index in [9.17, 15) is 4.79 Å². The van der Waals surface area contributed by atoms with Gasteiger partial charge in [0.2, 0.25) is 5.91 Å². The van der Waals surface area contributed by atoms with Crippen molar-refractivity contribution in [3.63, 3.8) is 0 Å². The molecule has 1 aliphatic rings. The summed E-state index contributed by atoms with van der Waals surface area (Å²) >= 11 is 0. The van der Waals surface area contributed by atoms with Crippen molar-refractivity contribution in [2.24, 2.45) is 0 Å². The number of hydrogen-bond donors (Lipinski definition) is 1. The molecule has 1 aliphatic heterocycles. The van der Waals surface area contributed by atoms with Gasteiger partial charge in [-0.05, 0) is 45.2 Å². The standard InChI is InChI=1S/C23H19N5O/c29-22-14-13-18-5-1-4-8-21(18)28(22)15-16-9-11-17(12-10-16)19-6-2-3-7-20(19)23-24-26-27-25-23/h1-12H,13-15H2,(H,24,25,26,27). The normalized spacial score (nSPS) is 13.4. The Balaban J connectivity index is 1.43. The highest BCUT2D eigenvalue weighted by atomic mass is 16.2. The minimum atomic E-state index is 0.177. The van der Waals surface area contributed by atoms with Crippen LogP contribution >= 0.6 is 0 Å². The predicted octanol–water partition coefficient (Wildman–Crippen LogP) is 4.01. The van der Waals surface area contributed by atoms with Crippen LogP contribution in [0, 0.1) is 0 Å². The molecule has 1 amide bonds. The van der Waals surface area contributed by atoms with E-state index in [1.807, 2.05) is 41.3 Å². The molecule has 4 aromatic rings. The number of nitrogens with one attached hydrogen (secondary N) is 1. The van der Waals surface area contributed by atoms with E-state index in [1.165, 1.54) is 5.56 Å². The number of fused-ring (bicyclic) bond motifs is 1. The molecule has 0 saturated carbocycles. The number of tetrazole rings is 1. The van der Waals surface area contributed by atoms with Crippen LogP contribution in [0.25, 0.3) is 22.5 Å². The minimum absolute atomic E-state index is 0.177. The summed E-state index contributed by atoms with van der Waals surface area (Å²) in [5, 5.41) is 14.2. The second kappa shape index (κ2) is 7.31. The van der Waals surface area contributed by atoms with Gasteiger partial charge < -0.3 is 4.90 Å². The number of carbonyl (C=O) groups excluding carboxylic acids is 1. The summed E-state index contributed by atoms with van der Waals surface area (Å²) in [6.45, 7) is 0.573. The Kier molecular flexibility index (Phi) is 4.37. The molecule has 6 nitrogen and oxygen atoms in total. The van der Waals surface area contributed by atoms with Gasteiger partial charge in [-0.2, -0.15) is 0 Å². The fourth-order valence-corrected chi connectivity index (χ4v) is 3.86. The second-order valence-electron chi connectivity index (χ2n) is 7.10. The van der Waals surface area contributed by atoms with E-state index < -0.39 is 0 Å². The molecule has 3 aromatic carbocycles. The molecule has 0 fully saturated rings. The highest BCUT2D eigenvalue weighted by Crippen LogP contribution is 2.31. The maximum atomic E-state index is 12.5. The molecule has 0 aliphatic carbocycles. The number of aromatic nitrogens is 4. The molecule has 0 unspecified atom stereocenters. The first-order valence-corrected chi connectivity index (χ1v) is 9.60. The van der Waals surface area contributed by atoms with E-state index in [-0.39, 0.29) is 5.91 Å². The molecule has 142 valence electrons. The second-order valence-corrected chi connectivity index (χ2v) is 7.10. The Morgan fingerprint density at radius 3 is 2.41 bits per heavy atom. The number of anilines is 1. The lowest BCUT2D eigenvalue weighted by atomic mass is 9.97. The fourth-order valence-electron chi connectivity index (χ4n) is 3.86. The minimum Gasteiger partial charge on any atom is -0.308 e. The molecule has 2 heterocycles. The summed E-state index contributed by atoms with van der Waals surface area (Å²) in [6, 6.07) is 24.5. The summed E-state index contributed by atoms with van der Waals surface area (Å²) in [7, 11) is 0. The van der Waals surface area contributed by atoms with Crippen LogP contribution in [-0.4, -0.2) is 26.5 Å². The lowest BCUT2D eigenvalue weighted by Crippen LogP contribution is -2.34. The van der Waals surface area contributed by atoms with Gasteiger partial charge in [0, 0.05) is 17.7 Å². The topological polar surface area (TPSA) is 74.8 Å². The van der Waals surface area contributed by atoms with Crippen LogP contribution in [0.2, 0.25) is 0 Å². The lowest BCUT2D eigenvalue weighted by molar-refractivity contribution is -0.119. The Labute approximate surface area is 168 Å². The summed E-state index contributed by atoms with van der Waals surface area (Å²) in [5.74, 6) is 0.816. The number of aromatic amines is 1. The summed E-state index contributed by atoms with van der Waals surface area (Å²) in [4.78, 5) is 14.4. The number of H-pyrrole nitrogens is 1. The molecule has 1 N–H and O–H groups in total. The van der Waals surface area contributed by atoms with Gasteiger partial charge in [0.15, 0.2) is 5.82 Å². The van der Waals surface area contributed by atoms with E-state index in [0.717, 1.165) is 34.4 Å². The van der Waals surface area contributed by atoms with Gasteiger partial charge in [-0.3, -0.25) is 4.79 Å². The third-order valence-electron chi connectivity index (χ3n) is 5.32. The first kappa shape index (κ1) is 17.3. The van der Waals surface area contributed by atoms with Crippen LogP contribution in [-0.2, 0) is 17.8 Å². The number of nitrogens with zero attached hydrogens (tertiary/aromatic N) is 4. The fraction of sp³-hybridized carbons (Fsp3) is 0.130. The van der Waals surface area contributed by atoms with Gasteiger partial charge in [0.1, 0.15) is 0 Å². The first-order valence-electron chi connectivity index (χ1n) is 9.60. The van der Waals surface area contributed by atoms with Gasteiger partial charge in [0.05, 0.1) is 6.54 Å². The molecule has 5 rings (SSSR count). The lowest BCUT2D eigenvalue weighted by Gasteiger charge is -2.29. The maximum Gasteiger partial charge on any atom is 0.227 e. The van der Waals surface area contributed by atoms with Gasteiger partial charge in [-0.25, -0.2) is 5.10 Å². The highest BCUT2D eigenvalue weighted by Gasteiger charge is 2.23. The van der Waals surface area contributed by atoms with Crippen LogP contribution in [0.4, 0.5) is 5.69 Å². The van der Waals surface area contributed by atoms with Crippen molar-refractivity contribution in [3.05, 3.63) is 83.9 Å². The number of para-hydroxylation sites is 1. The van der Waals surface area contributed by atoms with Crippen molar-refractivity contribution >= 4 is 11.6 Å². The number of benzene rings is 3. The molecular weight excluding hydrogens is 362 g/mol. The average molecular weight is 381 g/mol. The van der Waals surface area contributed by atoms with Crippen LogP contribution in [0.5, 0.6) is 0 Å². The van der Waals surface area contributed by atoms with E-state index >= 15 is 0 Å². The van der Waals surface area contributed by atoms with Crippen LogP contribution in [0.15, 0.2) is 72.8 Å². The van der Waals surface area contributed by atoms with E-state index in [0.29, 0.717) is 18.8 Å². The van der Waals surface area contributed by atoms with Gasteiger partial charge >= 0.3 is 0 Å². The molecule has 0 bridgehead atoms. The SMILES string of the molecule is O=C1CCc2ccccc2N1Cc1ccc(-c2ccccc2-c2nnn[nH]2)cc1. The van der Waals surface area contributed by atoms with Gasteiger partial charge in [-0.15, -0.1) is 5.10 Å². The molecule has 1 aromatic heterocycles. The van der Waals surface area contributed by atoms with Crippen molar-refractivity contribution in [2.75, 3.05) is 4.90 Å². The van der Waals surface area contributed by atoms with E-state index in [1.54, 1.807) is 0 Å². The van der Waals surface area contributed by atoms with Gasteiger partial charge in [-0.1, -0.05) is 66.7 Å². The number of rotatable bonds is 4. The first-order chi connectivity index (χ1) is 14.3. The molecule has 6 heteroatoms. The summed E-state index contributed by atoms with van der Waals surface area (Å²) in [5.41, 5.74) is 6.43. The molecule has 29 heavy (non-hydrogen) atoms. The Morgan fingerprint density at radius 2 is 1.62 bits per heavy atom. The Morgan fingerprint density at radius 1 is 0.862 bits per heavy atom. The number of amides is 1. The summed E-state index contributed by atoms with van der Waals surface area (Å²) < 4.78 is 0. The van der Waals surface area contributed by atoms with E-state index in [2.05, 4.69) is 57.0 Å². The van der Waals surface area contributed by atoms with Crippen molar-refractivity contribution in [2.45, 2.75) is 19.4 Å². The number of aryl methyl sites for hydroxylation is 1. The Bertz CT molecular complexity index is 1150. The third-order valence-corrected chi connectivity index (χ3v) is 5.32. The van der Waals surface area contributed by atoms with Crippen LogP contribution < -0.4 is 4.90 Å².